The van der Waals surface area contributed by atoms with E-state index in [-0.39, 0.29) is 12.3 Å². The number of benzene rings is 1. The van der Waals surface area contributed by atoms with Crippen molar-refractivity contribution in [1.82, 2.24) is 20.4 Å². The molecule has 5 N–H and O–H groups in total. The molecule has 0 bridgehead atoms. The average molecular weight is 427 g/mol. The van der Waals surface area contributed by atoms with Crippen LogP contribution in [0.25, 0.3) is 5.52 Å². The normalized spacial score (nSPS) is 20.2. The fourth-order valence-corrected chi connectivity index (χ4v) is 4.46. The predicted octanol–water partition coefficient (Wildman–Crippen LogP) is 2.55. The van der Waals surface area contributed by atoms with Crippen LogP contribution >= 0.6 is 0 Å². The molecule has 2 aliphatic heterocycles. The zero-order valence-electron chi connectivity index (χ0n) is 17.9. The maximum atomic E-state index is 11.9. The van der Waals surface area contributed by atoms with E-state index in [0.29, 0.717) is 12.1 Å². The van der Waals surface area contributed by atoms with Crippen LogP contribution in [0.5, 0.6) is 0 Å². The van der Waals surface area contributed by atoms with E-state index in [9.17, 15) is 4.79 Å². The lowest BCUT2D eigenvalue weighted by molar-refractivity contribution is 0.100. The minimum atomic E-state index is -0.430. The number of fused-ring (bicyclic) bond motifs is 1. The van der Waals surface area contributed by atoms with Crippen molar-refractivity contribution in [2.24, 2.45) is 10.7 Å². The number of pyridine rings is 1. The van der Waals surface area contributed by atoms with Gasteiger partial charge in [-0.3, -0.25) is 20.4 Å². The number of carbonyl (C=O) groups excluding carboxylic acids is 1. The third-order valence-corrected chi connectivity index (χ3v) is 5.99. The summed E-state index contributed by atoms with van der Waals surface area (Å²) in [5, 5.41) is 11.0. The van der Waals surface area contributed by atoms with Gasteiger partial charge in [0.15, 0.2) is 0 Å². The molecule has 1 amide bonds. The first-order chi connectivity index (χ1) is 15.6. The monoisotopic (exact) mass is 426 g/mol. The molecule has 7 heteroatoms. The van der Waals surface area contributed by atoms with Gasteiger partial charge in [-0.25, -0.2) is 0 Å². The molecule has 7 nitrogen and oxygen atoms in total. The highest BCUT2D eigenvalue weighted by atomic mass is 16.1. The van der Waals surface area contributed by atoms with Crippen molar-refractivity contribution in [2.75, 3.05) is 6.54 Å². The maximum absolute atomic E-state index is 11.9. The van der Waals surface area contributed by atoms with Crippen LogP contribution in [0, 0.1) is 6.92 Å². The fourth-order valence-electron chi connectivity index (χ4n) is 4.46. The molecule has 2 aliphatic rings. The number of nitrogens with two attached hydrogens (primary N) is 1. The third kappa shape index (κ3) is 3.72. The molecule has 3 aromatic rings. The Balaban J connectivity index is 1.52. The SMILES string of the molecule is Cc1cc2c(C(N)=O)cccn2c1C1NC2=C(CN=CC=C2)C(NCc2ccccc2)N1. The van der Waals surface area contributed by atoms with Crippen molar-refractivity contribution in [3.05, 3.63) is 101 Å². The van der Waals surface area contributed by atoms with Crippen molar-refractivity contribution in [3.8, 4) is 0 Å². The van der Waals surface area contributed by atoms with Crippen molar-refractivity contribution < 1.29 is 4.79 Å². The third-order valence-electron chi connectivity index (χ3n) is 5.99. The van der Waals surface area contributed by atoms with Gasteiger partial charge >= 0.3 is 0 Å². The van der Waals surface area contributed by atoms with Crippen molar-refractivity contribution in [2.45, 2.75) is 25.8 Å². The van der Waals surface area contributed by atoms with Crippen LogP contribution in [0.1, 0.15) is 33.3 Å². The van der Waals surface area contributed by atoms with Crippen LogP contribution in [0.4, 0.5) is 0 Å². The zero-order valence-corrected chi connectivity index (χ0v) is 17.9. The van der Waals surface area contributed by atoms with Gasteiger partial charge in [0.05, 0.1) is 29.5 Å². The fraction of sp³-hybridized carbons (Fsp3) is 0.200. The lowest BCUT2D eigenvalue weighted by atomic mass is 10.0. The number of aliphatic imine (C=N–C) groups is 1. The highest BCUT2D eigenvalue weighted by molar-refractivity contribution is 6.00. The van der Waals surface area contributed by atoms with E-state index in [4.69, 9.17) is 5.73 Å². The summed E-state index contributed by atoms with van der Waals surface area (Å²) >= 11 is 0. The second kappa shape index (κ2) is 8.45. The predicted molar refractivity (Wildman–Crippen MR) is 126 cm³/mol. The van der Waals surface area contributed by atoms with Crippen LogP contribution in [0.2, 0.25) is 0 Å². The molecule has 0 fully saturated rings. The number of hydrogen-bond donors (Lipinski definition) is 4. The minimum absolute atomic E-state index is 0.0689. The first-order valence-electron chi connectivity index (χ1n) is 10.7. The Hall–Kier alpha value is -3.68. The van der Waals surface area contributed by atoms with E-state index in [1.807, 2.05) is 53.2 Å². The molecular weight excluding hydrogens is 400 g/mol. The molecule has 1 aromatic carbocycles. The molecule has 5 rings (SSSR count). The van der Waals surface area contributed by atoms with E-state index in [2.05, 4.69) is 46.1 Å². The number of nitrogens with zero attached hydrogens (tertiary/aromatic N) is 2. The summed E-state index contributed by atoms with van der Waals surface area (Å²) < 4.78 is 2.04. The topological polar surface area (TPSA) is 96.0 Å². The van der Waals surface area contributed by atoms with Crippen LogP contribution < -0.4 is 21.7 Å². The molecule has 2 aromatic heterocycles. The van der Waals surface area contributed by atoms with Gasteiger partial charge in [0, 0.05) is 30.2 Å². The lowest BCUT2D eigenvalue weighted by Crippen LogP contribution is -2.54. The minimum Gasteiger partial charge on any atom is -0.366 e. The van der Waals surface area contributed by atoms with Crippen LogP contribution in [-0.4, -0.2) is 29.2 Å². The Morgan fingerprint density at radius 2 is 2.09 bits per heavy atom. The Morgan fingerprint density at radius 1 is 1.25 bits per heavy atom. The first-order valence-corrected chi connectivity index (χ1v) is 10.7. The van der Waals surface area contributed by atoms with Crippen LogP contribution in [0.15, 0.2) is 83.1 Å². The molecule has 0 aliphatic carbocycles. The van der Waals surface area contributed by atoms with E-state index in [1.54, 1.807) is 6.07 Å². The number of nitrogens with one attached hydrogen (secondary N) is 3. The molecule has 0 saturated heterocycles. The zero-order chi connectivity index (χ0) is 22.1. The number of amides is 1. The number of carbonyl (C=O) groups is 1. The summed E-state index contributed by atoms with van der Waals surface area (Å²) in [7, 11) is 0. The van der Waals surface area contributed by atoms with Crippen LogP contribution in [0.3, 0.4) is 0 Å². The van der Waals surface area contributed by atoms with E-state index in [0.717, 1.165) is 29.0 Å². The quantitative estimate of drug-likeness (QED) is 0.504. The number of allylic oxidation sites excluding steroid dienone is 2. The Bertz CT molecular complexity index is 1250. The number of aromatic nitrogens is 1. The summed E-state index contributed by atoms with van der Waals surface area (Å²) in [4.78, 5) is 16.4. The molecule has 32 heavy (non-hydrogen) atoms. The summed E-state index contributed by atoms with van der Waals surface area (Å²) in [6, 6.07) is 16.0. The summed E-state index contributed by atoms with van der Waals surface area (Å²) in [6.45, 7) is 3.40. The van der Waals surface area contributed by atoms with Gasteiger partial charge in [0.2, 0.25) is 0 Å². The average Bonchev–Trinajstić information content (AvgIpc) is 2.96. The number of aryl methyl sites for hydroxylation is 1. The summed E-state index contributed by atoms with van der Waals surface area (Å²) in [5.74, 6) is -0.430. The Labute approximate surface area is 186 Å². The van der Waals surface area contributed by atoms with Gasteiger partial charge in [-0.05, 0) is 48.4 Å². The highest BCUT2D eigenvalue weighted by Crippen LogP contribution is 2.28. The standard InChI is InChI=1S/C25H26N6O/c1-16-13-21-18(23(26)32)9-6-12-31(21)22(16)25-29-20-10-5-11-27-15-19(20)24(30-25)28-14-17-7-3-2-4-8-17/h2-13,24-25,28-30H,14-15H2,1H3,(H2,26,32). The molecule has 2 atom stereocenters. The second-order valence-electron chi connectivity index (χ2n) is 8.09. The molecule has 0 saturated carbocycles. The number of hydrogen-bond acceptors (Lipinski definition) is 5. The van der Waals surface area contributed by atoms with Gasteiger partial charge in [-0.1, -0.05) is 30.3 Å². The number of primary amides is 1. The molecule has 0 spiro atoms. The van der Waals surface area contributed by atoms with Crippen LogP contribution in [-0.2, 0) is 6.54 Å². The summed E-state index contributed by atoms with van der Waals surface area (Å²) in [5.41, 5.74) is 12.5. The van der Waals surface area contributed by atoms with Crippen molar-refractivity contribution >= 4 is 17.6 Å². The Kier molecular flexibility index (Phi) is 5.34. The number of rotatable bonds is 5. The smallest absolute Gasteiger partial charge is 0.250 e. The molecule has 4 heterocycles. The first kappa shape index (κ1) is 20.2. The molecule has 0 radical (unpaired) electrons. The van der Waals surface area contributed by atoms with Gasteiger partial charge in [-0.15, -0.1) is 0 Å². The van der Waals surface area contributed by atoms with Gasteiger partial charge in [0.25, 0.3) is 5.91 Å². The van der Waals surface area contributed by atoms with E-state index in [1.165, 1.54) is 11.1 Å². The second-order valence-corrected chi connectivity index (χ2v) is 8.09. The van der Waals surface area contributed by atoms with Crippen molar-refractivity contribution in [1.29, 1.82) is 0 Å². The van der Waals surface area contributed by atoms with Gasteiger partial charge in [-0.2, -0.15) is 0 Å². The van der Waals surface area contributed by atoms with Gasteiger partial charge in [0.1, 0.15) is 6.17 Å². The molecular formula is C25H26N6O. The summed E-state index contributed by atoms with van der Waals surface area (Å²) in [6.07, 6.45) is 7.59. The highest BCUT2D eigenvalue weighted by Gasteiger charge is 2.30. The molecule has 162 valence electrons. The maximum Gasteiger partial charge on any atom is 0.250 e. The van der Waals surface area contributed by atoms with Crippen molar-refractivity contribution in [3.63, 3.8) is 0 Å². The molecule has 2 unspecified atom stereocenters. The van der Waals surface area contributed by atoms with E-state index < -0.39 is 5.91 Å². The van der Waals surface area contributed by atoms with E-state index >= 15 is 0 Å². The lowest BCUT2D eigenvalue weighted by Gasteiger charge is -2.36. The van der Waals surface area contributed by atoms with Gasteiger partial charge < -0.3 is 15.5 Å². The largest absolute Gasteiger partial charge is 0.366 e. The Morgan fingerprint density at radius 3 is 2.91 bits per heavy atom.